The molecule has 4 saturated carbocycles. The first kappa shape index (κ1) is 22.0. The number of hydrogen-bond donors (Lipinski definition) is 2. The van der Waals surface area contributed by atoms with E-state index in [9.17, 15) is 9.90 Å². The van der Waals surface area contributed by atoms with Crippen LogP contribution in [0.25, 0.3) is 11.3 Å². The van der Waals surface area contributed by atoms with E-state index in [1.807, 2.05) is 42.5 Å². The molecule has 0 radical (unpaired) electrons. The summed E-state index contributed by atoms with van der Waals surface area (Å²) < 4.78 is 0. The summed E-state index contributed by atoms with van der Waals surface area (Å²) in [5.74, 6) is 3.50. The van der Waals surface area contributed by atoms with Crippen molar-refractivity contribution in [2.24, 2.45) is 23.2 Å². The lowest BCUT2D eigenvalue weighted by atomic mass is 9.48. The second kappa shape index (κ2) is 8.43. The minimum absolute atomic E-state index is 0.0386. The first-order valence-corrected chi connectivity index (χ1v) is 13.6. The molecule has 36 heavy (non-hydrogen) atoms. The summed E-state index contributed by atoms with van der Waals surface area (Å²) in [4.78, 5) is 23.4. The van der Waals surface area contributed by atoms with Crippen LogP contribution >= 0.6 is 0 Å². The molecule has 4 bridgehead atoms. The van der Waals surface area contributed by atoms with E-state index in [1.165, 1.54) is 38.5 Å². The van der Waals surface area contributed by atoms with Crippen LogP contribution in [0.2, 0.25) is 0 Å². The Morgan fingerprint density at radius 2 is 1.67 bits per heavy atom. The highest BCUT2D eigenvalue weighted by Crippen LogP contribution is 2.61. The molecule has 0 aliphatic heterocycles. The average Bonchev–Trinajstić information content (AvgIpc) is 2.84. The maximum absolute atomic E-state index is 13.1. The van der Waals surface area contributed by atoms with Crippen LogP contribution in [0.4, 0.5) is 5.82 Å². The van der Waals surface area contributed by atoms with Crippen LogP contribution < -0.4 is 5.32 Å². The third kappa shape index (κ3) is 3.99. The van der Waals surface area contributed by atoms with E-state index in [-0.39, 0.29) is 5.91 Å². The summed E-state index contributed by atoms with van der Waals surface area (Å²) in [5, 5.41) is 13.2. The lowest BCUT2D eigenvalue weighted by molar-refractivity contribution is -0.115. The number of fused-ring (bicyclic) bond motifs is 3. The second-order valence-electron chi connectivity index (χ2n) is 12.0. The third-order valence-corrected chi connectivity index (χ3v) is 9.19. The molecule has 5 aliphatic carbocycles. The van der Waals surface area contributed by atoms with Gasteiger partial charge < -0.3 is 10.4 Å². The SMILES string of the molecule is O=C(Cc1ccccc1)Nc1nc2c(nc1CC13CC4CC(CC(C4)C1)C3)-c1ccc(O)cc1CC2. The number of nitrogens with zero attached hydrogens (tertiary/aromatic N) is 2. The normalized spacial score (nSPS) is 27.4. The van der Waals surface area contributed by atoms with Gasteiger partial charge in [0.05, 0.1) is 23.5 Å². The summed E-state index contributed by atoms with van der Waals surface area (Å²) in [6, 6.07) is 15.4. The molecular formula is C31H33N3O2. The van der Waals surface area contributed by atoms with Crippen molar-refractivity contribution in [1.29, 1.82) is 0 Å². The molecule has 0 unspecified atom stereocenters. The van der Waals surface area contributed by atoms with E-state index in [2.05, 4.69) is 5.32 Å². The fraction of sp³-hybridized carbons (Fsp3) is 0.452. The van der Waals surface area contributed by atoms with Gasteiger partial charge in [-0.1, -0.05) is 30.3 Å². The molecule has 0 saturated heterocycles. The zero-order chi connectivity index (χ0) is 24.3. The molecule has 0 spiro atoms. The van der Waals surface area contributed by atoms with Gasteiger partial charge in [0.1, 0.15) is 5.75 Å². The number of rotatable bonds is 5. The standard InChI is InChI=1S/C31H33N3O2/c35-24-7-8-25-23(14-24)6-9-26-29(25)32-27(18-31-15-20-10-21(16-31)12-22(11-20)17-31)30(33-26)34-28(36)13-19-4-2-1-3-5-19/h1-5,7-8,14,20-22,35H,6,9-13,15-18H2,(H,33,34,36). The highest BCUT2D eigenvalue weighted by atomic mass is 16.3. The van der Waals surface area contributed by atoms with Gasteiger partial charge in [0.2, 0.25) is 5.91 Å². The second-order valence-corrected chi connectivity index (χ2v) is 12.0. The summed E-state index contributed by atoms with van der Waals surface area (Å²) in [6.45, 7) is 0. The van der Waals surface area contributed by atoms with Crippen molar-refractivity contribution in [3.8, 4) is 17.0 Å². The predicted octanol–water partition coefficient (Wildman–Crippen LogP) is 5.89. The zero-order valence-electron chi connectivity index (χ0n) is 20.7. The molecule has 0 atom stereocenters. The molecule has 2 aromatic carbocycles. The highest BCUT2D eigenvalue weighted by molar-refractivity contribution is 5.92. The summed E-state index contributed by atoms with van der Waals surface area (Å²) >= 11 is 0. The largest absolute Gasteiger partial charge is 0.508 e. The fourth-order valence-electron chi connectivity index (χ4n) is 8.21. The number of phenolic OH excluding ortho intramolecular Hbond substituents is 1. The van der Waals surface area contributed by atoms with E-state index in [4.69, 9.17) is 9.97 Å². The number of hydrogen-bond acceptors (Lipinski definition) is 4. The fourth-order valence-corrected chi connectivity index (χ4v) is 8.21. The summed E-state index contributed by atoms with van der Waals surface area (Å²) in [6.07, 6.45) is 10.9. The van der Waals surface area contributed by atoms with Crippen molar-refractivity contribution >= 4 is 11.7 Å². The topological polar surface area (TPSA) is 75.1 Å². The highest BCUT2D eigenvalue weighted by Gasteiger charge is 2.51. The van der Waals surface area contributed by atoms with Crippen molar-refractivity contribution in [3.05, 3.63) is 71.0 Å². The molecule has 184 valence electrons. The molecule has 1 heterocycles. The van der Waals surface area contributed by atoms with Crippen LogP contribution in [-0.4, -0.2) is 21.0 Å². The molecule has 4 fully saturated rings. The van der Waals surface area contributed by atoms with Gasteiger partial charge in [0.25, 0.3) is 0 Å². The number of amides is 1. The number of benzene rings is 2. The molecule has 1 amide bonds. The van der Waals surface area contributed by atoms with Gasteiger partial charge in [-0.25, -0.2) is 9.97 Å². The van der Waals surface area contributed by atoms with Crippen molar-refractivity contribution in [2.45, 2.75) is 64.2 Å². The van der Waals surface area contributed by atoms with Crippen LogP contribution in [0.3, 0.4) is 0 Å². The number of anilines is 1. The zero-order valence-corrected chi connectivity index (χ0v) is 20.7. The Morgan fingerprint density at radius 1 is 0.944 bits per heavy atom. The molecule has 1 aromatic heterocycles. The van der Waals surface area contributed by atoms with Gasteiger partial charge in [0.15, 0.2) is 5.82 Å². The number of carbonyl (C=O) groups is 1. The van der Waals surface area contributed by atoms with Crippen molar-refractivity contribution in [3.63, 3.8) is 0 Å². The van der Waals surface area contributed by atoms with Crippen LogP contribution in [-0.2, 0) is 30.5 Å². The monoisotopic (exact) mass is 479 g/mol. The van der Waals surface area contributed by atoms with Crippen molar-refractivity contribution in [2.75, 3.05) is 5.32 Å². The Kier molecular flexibility index (Phi) is 5.16. The van der Waals surface area contributed by atoms with E-state index < -0.39 is 0 Å². The Hall–Kier alpha value is -3.21. The van der Waals surface area contributed by atoms with Gasteiger partial charge in [-0.15, -0.1) is 0 Å². The summed E-state index contributed by atoms with van der Waals surface area (Å²) in [7, 11) is 0. The molecule has 5 nitrogen and oxygen atoms in total. The summed E-state index contributed by atoms with van der Waals surface area (Å²) in [5.41, 5.74) is 6.29. The Balaban J connectivity index is 1.26. The molecular weight excluding hydrogens is 446 g/mol. The minimum atomic E-state index is -0.0386. The first-order chi connectivity index (χ1) is 17.5. The van der Waals surface area contributed by atoms with Gasteiger partial charge in [-0.05, 0) is 110 Å². The van der Waals surface area contributed by atoms with Crippen LogP contribution in [0.15, 0.2) is 48.5 Å². The number of carbonyl (C=O) groups excluding carboxylic acids is 1. The molecule has 8 rings (SSSR count). The third-order valence-electron chi connectivity index (χ3n) is 9.19. The van der Waals surface area contributed by atoms with Crippen molar-refractivity contribution < 1.29 is 9.90 Å². The first-order valence-electron chi connectivity index (χ1n) is 13.6. The van der Waals surface area contributed by atoms with Gasteiger partial charge in [-0.2, -0.15) is 0 Å². The minimum Gasteiger partial charge on any atom is -0.508 e. The van der Waals surface area contributed by atoms with E-state index in [1.54, 1.807) is 6.07 Å². The van der Waals surface area contributed by atoms with Crippen LogP contribution in [0.1, 0.15) is 61.0 Å². The average molecular weight is 480 g/mol. The number of aryl methyl sites for hydroxylation is 2. The Labute approximate surface area is 212 Å². The van der Waals surface area contributed by atoms with E-state index >= 15 is 0 Å². The lowest BCUT2D eigenvalue weighted by Gasteiger charge is -2.57. The Bertz CT molecular complexity index is 1300. The predicted molar refractivity (Wildman–Crippen MR) is 140 cm³/mol. The number of aromatic hydroxyl groups is 1. The smallest absolute Gasteiger partial charge is 0.229 e. The molecule has 5 aliphatic rings. The van der Waals surface area contributed by atoms with E-state index in [0.29, 0.717) is 23.4 Å². The van der Waals surface area contributed by atoms with Crippen molar-refractivity contribution in [1.82, 2.24) is 9.97 Å². The maximum atomic E-state index is 13.1. The van der Waals surface area contributed by atoms with Gasteiger partial charge >= 0.3 is 0 Å². The number of nitrogens with one attached hydrogen (secondary N) is 1. The van der Waals surface area contributed by atoms with Gasteiger partial charge in [-0.3, -0.25) is 4.79 Å². The Morgan fingerprint density at radius 3 is 2.39 bits per heavy atom. The maximum Gasteiger partial charge on any atom is 0.229 e. The van der Waals surface area contributed by atoms with Crippen LogP contribution in [0.5, 0.6) is 5.75 Å². The number of aromatic nitrogens is 2. The quantitative estimate of drug-likeness (QED) is 0.479. The van der Waals surface area contributed by atoms with Gasteiger partial charge in [0, 0.05) is 5.56 Å². The molecule has 2 N–H and O–H groups in total. The molecule has 3 aromatic rings. The van der Waals surface area contributed by atoms with E-state index in [0.717, 1.165) is 70.8 Å². The number of phenols is 1. The van der Waals surface area contributed by atoms with Crippen LogP contribution in [0, 0.1) is 23.2 Å². The molecule has 5 heteroatoms. The lowest BCUT2D eigenvalue weighted by Crippen LogP contribution is -2.47.